The summed E-state index contributed by atoms with van der Waals surface area (Å²) in [5.74, 6) is 1.74. The maximum atomic E-state index is 13.0. The molecule has 0 radical (unpaired) electrons. The molecule has 1 atom stereocenters. The largest absolute Gasteiger partial charge is 0.508 e. The quantitative estimate of drug-likeness (QED) is 0.263. The van der Waals surface area contributed by atoms with Gasteiger partial charge in [0, 0.05) is 30.4 Å². The zero-order valence-corrected chi connectivity index (χ0v) is 18.9. The second kappa shape index (κ2) is 13.1. The predicted octanol–water partition coefficient (Wildman–Crippen LogP) is 5.19. The molecule has 1 amide bonds. The van der Waals surface area contributed by atoms with Crippen molar-refractivity contribution in [1.29, 1.82) is 0 Å². The number of carbonyl (C=O) groups is 1. The van der Waals surface area contributed by atoms with Crippen molar-refractivity contribution in [3.05, 3.63) is 78.4 Å². The Balaban J connectivity index is 1.90. The standard InChI is InChI=1S/C25H34N2O2S/c1-4-23(17-20(2)3)26-30-16-10-15-27(19-21-11-6-5-7-12-21)25(29)18-22-13-8-9-14-24(22)28/h4-9,11-14,20,23,26,28H,1,10,15-19H2,2-3H3. The van der Waals surface area contributed by atoms with Gasteiger partial charge >= 0.3 is 0 Å². The number of para-hydroxylation sites is 1. The molecule has 0 aliphatic heterocycles. The fourth-order valence-electron chi connectivity index (χ4n) is 3.22. The minimum atomic E-state index is 0.0297. The minimum Gasteiger partial charge on any atom is -0.508 e. The summed E-state index contributed by atoms with van der Waals surface area (Å²) in [6, 6.07) is 17.4. The summed E-state index contributed by atoms with van der Waals surface area (Å²) in [6.07, 6.45) is 4.13. The second-order valence-electron chi connectivity index (χ2n) is 7.90. The number of aromatic hydroxyl groups is 1. The van der Waals surface area contributed by atoms with E-state index in [1.807, 2.05) is 47.4 Å². The van der Waals surface area contributed by atoms with Crippen LogP contribution in [0.5, 0.6) is 5.75 Å². The number of phenolic OH excluding ortho intramolecular Hbond substituents is 1. The number of rotatable bonds is 13. The maximum absolute atomic E-state index is 13.0. The van der Waals surface area contributed by atoms with Gasteiger partial charge in [0.2, 0.25) is 5.91 Å². The van der Waals surface area contributed by atoms with E-state index in [-0.39, 0.29) is 18.1 Å². The molecule has 0 aliphatic rings. The van der Waals surface area contributed by atoms with Crippen molar-refractivity contribution in [2.75, 3.05) is 12.3 Å². The Morgan fingerprint density at radius 3 is 2.53 bits per heavy atom. The molecule has 0 aliphatic carbocycles. The van der Waals surface area contributed by atoms with Gasteiger partial charge < -0.3 is 10.0 Å². The van der Waals surface area contributed by atoms with Crippen LogP contribution in [0.2, 0.25) is 0 Å². The zero-order chi connectivity index (χ0) is 21.8. The van der Waals surface area contributed by atoms with Gasteiger partial charge in [-0.05, 0) is 30.4 Å². The molecule has 162 valence electrons. The molecule has 2 aromatic rings. The first-order valence-electron chi connectivity index (χ1n) is 10.6. The second-order valence-corrected chi connectivity index (χ2v) is 8.83. The Morgan fingerprint density at radius 2 is 1.87 bits per heavy atom. The number of hydrogen-bond donors (Lipinski definition) is 2. The SMILES string of the molecule is C=CC(CC(C)C)NSCCCN(Cc1ccccc1)C(=O)Cc1ccccc1O. The zero-order valence-electron chi connectivity index (χ0n) is 18.1. The van der Waals surface area contributed by atoms with Crippen LogP contribution in [0.1, 0.15) is 37.8 Å². The number of phenols is 1. The van der Waals surface area contributed by atoms with E-state index >= 15 is 0 Å². The van der Waals surface area contributed by atoms with E-state index in [2.05, 4.69) is 25.1 Å². The van der Waals surface area contributed by atoms with Crippen LogP contribution in [-0.4, -0.2) is 34.3 Å². The minimum absolute atomic E-state index is 0.0297. The van der Waals surface area contributed by atoms with Gasteiger partial charge in [-0.25, -0.2) is 0 Å². The van der Waals surface area contributed by atoms with Crippen LogP contribution in [0.15, 0.2) is 67.3 Å². The number of nitrogens with one attached hydrogen (secondary N) is 1. The van der Waals surface area contributed by atoms with Gasteiger partial charge in [0.15, 0.2) is 0 Å². The highest BCUT2D eigenvalue weighted by atomic mass is 32.2. The van der Waals surface area contributed by atoms with Crippen LogP contribution in [0.25, 0.3) is 0 Å². The van der Waals surface area contributed by atoms with Crippen molar-refractivity contribution in [3.8, 4) is 5.75 Å². The number of carbonyl (C=O) groups excluding carboxylic acids is 1. The topological polar surface area (TPSA) is 52.6 Å². The molecule has 5 heteroatoms. The van der Waals surface area contributed by atoms with Crippen molar-refractivity contribution < 1.29 is 9.90 Å². The highest BCUT2D eigenvalue weighted by Gasteiger charge is 2.16. The molecule has 2 rings (SSSR count). The van der Waals surface area contributed by atoms with Crippen LogP contribution in [0.4, 0.5) is 0 Å². The van der Waals surface area contributed by atoms with E-state index in [9.17, 15) is 9.90 Å². The molecule has 2 N–H and O–H groups in total. The summed E-state index contributed by atoms with van der Waals surface area (Å²) < 4.78 is 3.46. The van der Waals surface area contributed by atoms with Gasteiger partial charge in [-0.3, -0.25) is 9.52 Å². The summed E-state index contributed by atoms with van der Waals surface area (Å²) >= 11 is 1.70. The smallest absolute Gasteiger partial charge is 0.227 e. The number of hydrogen-bond acceptors (Lipinski definition) is 4. The molecule has 4 nitrogen and oxygen atoms in total. The van der Waals surface area contributed by atoms with Gasteiger partial charge in [-0.1, -0.05) is 80.4 Å². The van der Waals surface area contributed by atoms with Crippen LogP contribution in [0.3, 0.4) is 0 Å². The lowest BCUT2D eigenvalue weighted by Gasteiger charge is -2.23. The Hall–Kier alpha value is -2.24. The van der Waals surface area contributed by atoms with Gasteiger partial charge in [0.1, 0.15) is 5.75 Å². The maximum Gasteiger partial charge on any atom is 0.227 e. The van der Waals surface area contributed by atoms with E-state index in [4.69, 9.17) is 0 Å². The summed E-state index contributed by atoms with van der Waals surface area (Å²) in [7, 11) is 0. The average molecular weight is 427 g/mol. The van der Waals surface area contributed by atoms with E-state index in [0.29, 0.717) is 30.6 Å². The van der Waals surface area contributed by atoms with E-state index in [1.165, 1.54) is 0 Å². The first-order chi connectivity index (χ1) is 14.5. The summed E-state index contributed by atoms with van der Waals surface area (Å²) in [5.41, 5.74) is 1.77. The first-order valence-corrected chi connectivity index (χ1v) is 11.6. The van der Waals surface area contributed by atoms with Crippen LogP contribution >= 0.6 is 11.9 Å². The lowest BCUT2D eigenvalue weighted by atomic mass is 10.1. The van der Waals surface area contributed by atoms with Gasteiger partial charge in [-0.2, -0.15) is 0 Å². The molecular formula is C25H34N2O2S. The molecule has 0 saturated heterocycles. The first kappa shape index (κ1) is 24.0. The van der Waals surface area contributed by atoms with Crippen molar-refractivity contribution in [3.63, 3.8) is 0 Å². The van der Waals surface area contributed by atoms with Crippen molar-refractivity contribution in [1.82, 2.24) is 9.62 Å². The van der Waals surface area contributed by atoms with Crippen LogP contribution < -0.4 is 4.72 Å². The molecule has 1 unspecified atom stereocenters. The number of nitrogens with zero attached hydrogens (tertiary/aromatic N) is 1. The Morgan fingerprint density at radius 1 is 1.17 bits per heavy atom. The fraction of sp³-hybridized carbons (Fsp3) is 0.400. The molecule has 0 heterocycles. The van der Waals surface area contributed by atoms with Crippen molar-refractivity contribution >= 4 is 17.9 Å². The van der Waals surface area contributed by atoms with Crippen molar-refractivity contribution in [2.45, 2.75) is 45.7 Å². The monoisotopic (exact) mass is 426 g/mol. The normalized spacial score (nSPS) is 12.0. The molecule has 0 fully saturated rings. The van der Waals surface area contributed by atoms with Crippen molar-refractivity contribution in [2.24, 2.45) is 5.92 Å². The fourth-order valence-corrected chi connectivity index (χ4v) is 4.02. The highest BCUT2D eigenvalue weighted by molar-refractivity contribution is 7.97. The van der Waals surface area contributed by atoms with E-state index in [1.54, 1.807) is 30.1 Å². The van der Waals surface area contributed by atoms with Gasteiger partial charge in [-0.15, -0.1) is 6.58 Å². The Kier molecular flexibility index (Phi) is 10.5. The average Bonchev–Trinajstić information content (AvgIpc) is 2.73. The molecule has 30 heavy (non-hydrogen) atoms. The predicted molar refractivity (Wildman–Crippen MR) is 127 cm³/mol. The number of amides is 1. The molecule has 2 aromatic carbocycles. The summed E-state index contributed by atoms with van der Waals surface area (Å²) in [5, 5.41) is 10.0. The lowest BCUT2D eigenvalue weighted by Crippen LogP contribution is -2.33. The lowest BCUT2D eigenvalue weighted by molar-refractivity contribution is -0.131. The van der Waals surface area contributed by atoms with Crippen LogP contribution in [-0.2, 0) is 17.8 Å². The Labute approximate surface area is 185 Å². The molecule has 0 aromatic heterocycles. The van der Waals surface area contributed by atoms with Gasteiger partial charge in [0.05, 0.1) is 6.42 Å². The van der Waals surface area contributed by atoms with Gasteiger partial charge in [0.25, 0.3) is 0 Å². The third-order valence-electron chi connectivity index (χ3n) is 4.82. The molecule has 0 bridgehead atoms. The third kappa shape index (κ3) is 8.64. The summed E-state index contributed by atoms with van der Waals surface area (Å²) in [4.78, 5) is 14.9. The third-order valence-corrected chi connectivity index (χ3v) is 5.78. The molecule has 0 spiro atoms. The Bertz CT molecular complexity index is 780. The number of benzene rings is 2. The van der Waals surface area contributed by atoms with E-state index < -0.39 is 0 Å². The molecular weight excluding hydrogens is 392 g/mol. The highest BCUT2D eigenvalue weighted by Crippen LogP contribution is 2.18. The van der Waals surface area contributed by atoms with Crippen LogP contribution in [0, 0.1) is 5.92 Å². The van der Waals surface area contributed by atoms with E-state index in [0.717, 1.165) is 24.2 Å². The molecule has 0 saturated carbocycles. The summed E-state index contributed by atoms with van der Waals surface area (Å²) in [6.45, 7) is 9.58.